The van der Waals surface area contributed by atoms with E-state index in [2.05, 4.69) is 20.9 Å². The molecule has 1 aromatic heterocycles. The molecule has 1 heterocycles. The number of benzene rings is 1. The quantitative estimate of drug-likeness (QED) is 0.198. The average molecular weight is 475 g/mol. The number of rotatable bonds is 12. The van der Waals surface area contributed by atoms with Gasteiger partial charge in [0.15, 0.2) is 0 Å². The first-order valence-corrected chi connectivity index (χ1v) is 10.7. The van der Waals surface area contributed by atoms with E-state index in [9.17, 15) is 29.1 Å². The van der Waals surface area contributed by atoms with Gasteiger partial charge in [-0.1, -0.05) is 32.0 Å². The number of H-pyrrole nitrogens is 1. The minimum Gasteiger partial charge on any atom is -0.480 e. The van der Waals surface area contributed by atoms with Gasteiger partial charge in [0, 0.05) is 23.5 Å². The van der Waals surface area contributed by atoms with Crippen LogP contribution in [0.1, 0.15) is 25.8 Å². The van der Waals surface area contributed by atoms with E-state index in [4.69, 9.17) is 11.5 Å². The molecule has 184 valence electrons. The lowest BCUT2D eigenvalue weighted by atomic mass is 10.0. The fraction of sp³-hybridized carbons (Fsp3) is 0.409. The maximum absolute atomic E-state index is 12.5. The van der Waals surface area contributed by atoms with E-state index in [0.29, 0.717) is 0 Å². The predicted molar refractivity (Wildman–Crippen MR) is 123 cm³/mol. The molecule has 0 fully saturated rings. The molecule has 4 amide bonds. The van der Waals surface area contributed by atoms with Crippen LogP contribution in [0.25, 0.3) is 10.9 Å². The number of carbonyl (C=O) groups excluding carboxylic acids is 4. The number of nitrogens with one attached hydrogen (secondary N) is 4. The Labute approximate surface area is 195 Å². The molecule has 0 radical (unpaired) electrons. The van der Waals surface area contributed by atoms with Crippen LogP contribution in [-0.2, 0) is 30.4 Å². The summed E-state index contributed by atoms with van der Waals surface area (Å²) in [6.07, 6.45) is 1.35. The van der Waals surface area contributed by atoms with Crippen molar-refractivity contribution < 1.29 is 29.1 Å². The molecule has 3 atom stereocenters. The number of amides is 4. The number of aromatic nitrogens is 1. The molecule has 12 nitrogen and oxygen atoms in total. The molecule has 2 aromatic rings. The maximum Gasteiger partial charge on any atom is 0.326 e. The van der Waals surface area contributed by atoms with Crippen LogP contribution in [0.5, 0.6) is 0 Å². The van der Waals surface area contributed by atoms with Gasteiger partial charge in [-0.25, -0.2) is 4.79 Å². The minimum absolute atomic E-state index is 0.0431. The molecular weight excluding hydrogens is 444 g/mol. The first-order chi connectivity index (χ1) is 16.0. The van der Waals surface area contributed by atoms with E-state index in [-0.39, 0.29) is 18.8 Å². The molecule has 0 aliphatic carbocycles. The van der Waals surface area contributed by atoms with E-state index in [1.165, 1.54) is 0 Å². The van der Waals surface area contributed by atoms with Crippen molar-refractivity contribution in [1.29, 1.82) is 0 Å². The van der Waals surface area contributed by atoms with Crippen molar-refractivity contribution in [3.8, 4) is 0 Å². The summed E-state index contributed by atoms with van der Waals surface area (Å²) in [5, 5.41) is 17.6. The zero-order valence-corrected chi connectivity index (χ0v) is 19.0. The first-order valence-electron chi connectivity index (χ1n) is 10.7. The number of para-hydroxylation sites is 1. The SMILES string of the molecule is CC(C)C(NC(=O)C(N)CC(N)=O)C(=O)NCC(=O)NC(Cc1c[nH]c2ccccc12)C(=O)O. The van der Waals surface area contributed by atoms with Gasteiger partial charge < -0.3 is 37.5 Å². The van der Waals surface area contributed by atoms with Crippen LogP contribution >= 0.6 is 0 Å². The van der Waals surface area contributed by atoms with Gasteiger partial charge in [0.05, 0.1) is 19.0 Å². The standard InChI is InChI=1S/C22H30N6O6/c1-11(2)19(28-20(31)14(23)8-17(24)29)21(32)26-10-18(30)27-16(22(33)34)7-12-9-25-15-6-4-3-5-13(12)15/h3-6,9,11,14,16,19,25H,7-8,10,23H2,1-2H3,(H2,24,29)(H,26,32)(H,27,30)(H,28,31)(H,33,34). The van der Waals surface area contributed by atoms with Crippen molar-refractivity contribution in [1.82, 2.24) is 20.9 Å². The van der Waals surface area contributed by atoms with Gasteiger partial charge >= 0.3 is 5.97 Å². The smallest absolute Gasteiger partial charge is 0.326 e. The molecule has 0 saturated carbocycles. The van der Waals surface area contributed by atoms with Crippen LogP contribution in [0.4, 0.5) is 0 Å². The number of carboxylic acid groups (broad SMARTS) is 1. The van der Waals surface area contributed by atoms with Crippen LogP contribution in [0.2, 0.25) is 0 Å². The molecule has 9 N–H and O–H groups in total. The van der Waals surface area contributed by atoms with Crippen LogP contribution in [0.15, 0.2) is 30.5 Å². The number of hydrogen-bond donors (Lipinski definition) is 7. The Morgan fingerprint density at radius 3 is 2.35 bits per heavy atom. The number of hydrogen-bond acceptors (Lipinski definition) is 6. The molecule has 12 heteroatoms. The van der Waals surface area contributed by atoms with Crippen LogP contribution in [0, 0.1) is 5.92 Å². The molecule has 1 aromatic carbocycles. The lowest BCUT2D eigenvalue weighted by Crippen LogP contribution is -2.55. The second-order valence-electron chi connectivity index (χ2n) is 8.25. The molecule has 2 rings (SSSR count). The number of carboxylic acids is 1. The van der Waals surface area contributed by atoms with Crippen LogP contribution < -0.4 is 27.4 Å². The van der Waals surface area contributed by atoms with Crippen molar-refractivity contribution in [3.63, 3.8) is 0 Å². The predicted octanol–water partition coefficient (Wildman–Crippen LogP) is -1.26. The number of aromatic amines is 1. The van der Waals surface area contributed by atoms with E-state index < -0.39 is 54.3 Å². The van der Waals surface area contributed by atoms with E-state index in [1.807, 2.05) is 24.3 Å². The Bertz CT molecular complexity index is 1070. The lowest BCUT2D eigenvalue weighted by molar-refractivity contribution is -0.141. The van der Waals surface area contributed by atoms with Crippen molar-refractivity contribution in [2.45, 2.75) is 44.8 Å². The third kappa shape index (κ3) is 7.30. The Kier molecular flexibility index (Phi) is 9.13. The largest absolute Gasteiger partial charge is 0.480 e. The molecule has 0 bridgehead atoms. The maximum atomic E-state index is 12.5. The van der Waals surface area contributed by atoms with Gasteiger partial charge in [0.2, 0.25) is 23.6 Å². The fourth-order valence-corrected chi connectivity index (χ4v) is 3.35. The van der Waals surface area contributed by atoms with Crippen molar-refractivity contribution in [2.24, 2.45) is 17.4 Å². The van der Waals surface area contributed by atoms with Gasteiger partial charge in [-0.05, 0) is 17.5 Å². The van der Waals surface area contributed by atoms with E-state index >= 15 is 0 Å². The Morgan fingerprint density at radius 1 is 1.06 bits per heavy atom. The third-order valence-corrected chi connectivity index (χ3v) is 5.16. The highest BCUT2D eigenvalue weighted by Gasteiger charge is 2.28. The fourth-order valence-electron chi connectivity index (χ4n) is 3.35. The summed E-state index contributed by atoms with van der Waals surface area (Å²) in [4.78, 5) is 62.7. The molecule has 0 spiro atoms. The second kappa shape index (κ2) is 11.8. The number of carbonyl (C=O) groups is 5. The number of primary amides is 1. The lowest BCUT2D eigenvalue weighted by Gasteiger charge is -2.23. The summed E-state index contributed by atoms with van der Waals surface area (Å²) < 4.78 is 0. The summed E-state index contributed by atoms with van der Waals surface area (Å²) in [5.41, 5.74) is 12.2. The minimum atomic E-state index is -1.22. The number of fused-ring (bicyclic) bond motifs is 1. The molecule has 34 heavy (non-hydrogen) atoms. The molecular formula is C22H30N6O6. The summed E-state index contributed by atoms with van der Waals surface area (Å²) in [6, 6.07) is 3.92. The van der Waals surface area contributed by atoms with Gasteiger partial charge in [-0.2, -0.15) is 0 Å². The van der Waals surface area contributed by atoms with Crippen LogP contribution in [-0.4, -0.2) is 64.4 Å². The highest BCUT2D eigenvalue weighted by Crippen LogP contribution is 2.19. The van der Waals surface area contributed by atoms with Crippen molar-refractivity contribution in [3.05, 3.63) is 36.0 Å². The van der Waals surface area contributed by atoms with Crippen LogP contribution in [0.3, 0.4) is 0 Å². The zero-order chi connectivity index (χ0) is 25.4. The molecule has 0 aliphatic heterocycles. The highest BCUT2D eigenvalue weighted by molar-refractivity contribution is 5.94. The normalized spacial score (nSPS) is 13.6. The number of nitrogens with two attached hydrogens (primary N) is 2. The van der Waals surface area contributed by atoms with Crippen molar-refractivity contribution >= 4 is 40.5 Å². The average Bonchev–Trinajstić information content (AvgIpc) is 3.17. The van der Waals surface area contributed by atoms with Gasteiger partial charge in [0.25, 0.3) is 0 Å². The summed E-state index contributed by atoms with van der Waals surface area (Å²) in [6.45, 7) is 2.85. The summed E-state index contributed by atoms with van der Waals surface area (Å²) in [5.74, 6) is -4.44. The topological polar surface area (TPSA) is 209 Å². The second-order valence-corrected chi connectivity index (χ2v) is 8.25. The van der Waals surface area contributed by atoms with Crippen molar-refractivity contribution in [2.75, 3.05) is 6.54 Å². The van der Waals surface area contributed by atoms with E-state index in [0.717, 1.165) is 16.5 Å². The van der Waals surface area contributed by atoms with Gasteiger partial charge in [0.1, 0.15) is 12.1 Å². The Morgan fingerprint density at radius 2 is 1.74 bits per heavy atom. The Balaban J connectivity index is 1.95. The van der Waals surface area contributed by atoms with Gasteiger partial charge in [-0.15, -0.1) is 0 Å². The first kappa shape index (κ1) is 26.3. The molecule has 0 aliphatic rings. The number of aliphatic carboxylic acids is 1. The zero-order valence-electron chi connectivity index (χ0n) is 19.0. The molecule has 3 unspecified atom stereocenters. The monoisotopic (exact) mass is 474 g/mol. The summed E-state index contributed by atoms with van der Waals surface area (Å²) >= 11 is 0. The molecule has 0 saturated heterocycles. The van der Waals surface area contributed by atoms with E-state index in [1.54, 1.807) is 20.0 Å². The summed E-state index contributed by atoms with van der Waals surface area (Å²) in [7, 11) is 0. The highest BCUT2D eigenvalue weighted by atomic mass is 16.4. The van der Waals surface area contributed by atoms with Gasteiger partial charge in [-0.3, -0.25) is 19.2 Å². The Hall–Kier alpha value is -3.93. The third-order valence-electron chi connectivity index (χ3n) is 5.16.